The first-order chi connectivity index (χ1) is 6.94. The molecule has 0 saturated heterocycles. The minimum atomic E-state index is -4.26. The van der Waals surface area contributed by atoms with Crippen molar-refractivity contribution in [3.63, 3.8) is 0 Å². The summed E-state index contributed by atoms with van der Waals surface area (Å²) in [6, 6.07) is 6.03. The van der Waals surface area contributed by atoms with Gasteiger partial charge in [-0.15, -0.1) is 0 Å². The number of hydrogen-bond acceptors (Lipinski definition) is 2. The van der Waals surface area contributed by atoms with E-state index in [1.165, 1.54) is 6.07 Å². The summed E-state index contributed by atoms with van der Waals surface area (Å²) in [6.45, 7) is 1.85. The lowest BCUT2D eigenvalue weighted by Gasteiger charge is -2.15. The Hall–Kier alpha value is -0.680. The van der Waals surface area contributed by atoms with Crippen LogP contribution in [0.1, 0.15) is 24.9 Å². The second kappa shape index (κ2) is 4.90. The molecule has 0 radical (unpaired) electrons. The zero-order valence-corrected chi connectivity index (χ0v) is 9.03. The molecule has 0 aliphatic carbocycles. The van der Waals surface area contributed by atoms with E-state index in [0.29, 0.717) is 12.0 Å². The normalized spacial score (nSPS) is 13.9. The van der Waals surface area contributed by atoms with Gasteiger partial charge in [0.05, 0.1) is 0 Å². The van der Waals surface area contributed by atoms with E-state index in [1.807, 2.05) is 6.92 Å². The highest BCUT2D eigenvalue weighted by Crippen LogP contribution is 2.39. The maximum Gasteiger partial charge on any atom is 0.446 e. The summed E-state index contributed by atoms with van der Waals surface area (Å²) in [5.74, 6) is 0. The fraction of sp³-hybridized carbons (Fsp3) is 0.400. The van der Waals surface area contributed by atoms with E-state index >= 15 is 0 Å². The third-order valence-electron chi connectivity index (χ3n) is 1.98. The average Bonchev–Trinajstić information content (AvgIpc) is 2.15. The maximum absolute atomic E-state index is 12.2. The summed E-state index contributed by atoms with van der Waals surface area (Å²) in [5, 5.41) is 0. The lowest BCUT2D eigenvalue weighted by atomic mass is 10.1. The summed E-state index contributed by atoms with van der Waals surface area (Å²) in [4.78, 5) is 0.194. The van der Waals surface area contributed by atoms with Crippen molar-refractivity contribution in [2.45, 2.75) is 29.8 Å². The van der Waals surface area contributed by atoms with E-state index < -0.39 is 5.51 Å². The second-order valence-electron chi connectivity index (χ2n) is 3.10. The largest absolute Gasteiger partial charge is 0.446 e. The third-order valence-corrected chi connectivity index (χ3v) is 2.81. The second-order valence-corrected chi connectivity index (χ2v) is 4.21. The molecule has 0 aromatic heterocycles. The first-order valence-electron chi connectivity index (χ1n) is 4.54. The summed E-state index contributed by atoms with van der Waals surface area (Å²) in [6.07, 6.45) is 0.620. The van der Waals surface area contributed by atoms with Gasteiger partial charge >= 0.3 is 5.51 Å². The molecule has 0 heterocycles. The number of hydrogen-bond donors (Lipinski definition) is 1. The van der Waals surface area contributed by atoms with Crippen LogP contribution in [0.2, 0.25) is 0 Å². The molecule has 0 aliphatic heterocycles. The van der Waals surface area contributed by atoms with E-state index in [2.05, 4.69) is 0 Å². The molecule has 0 amide bonds. The number of alkyl halides is 3. The van der Waals surface area contributed by atoms with E-state index in [4.69, 9.17) is 5.73 Å². The fourth-order valence-corrected chi connectivity index (χ4v) is 1.96. The molecule has 0 bridgehead atoms. The Bertz CT molecular complexity index is 325. The monoisotopic (exact) mass is 235 g/mol. The van der Waals surface area contributed by atoms with Crippen LogP contribution in [0.25, 0.3) is 0 Å². The first kappa shape index (κ1) is 12.4. The third kappa shape index (κ3) is 3.76. The molecular weight excluding hydrogens is 223 g/mol. The van der Waals surface area contributed by atoms with Crippen molar-refractivity contribution in [2.24, 2.45) is 5.73 Å². The molecule has 0 fully saturated rings. The molecule has 5 heteroatoms. The van der Waals surface area contributed by atoms with Gasteiger partial charge in [-0.1, -0.05) is 25.1 Å². The van der Waals surface area contributed by atoms with Gasteiger partial charge in [0.1, 0.15) is 0 Å². The lowest BCUT2D eigenvalue weighted by molar-refractivity contribution is -0.0328. The molecule has 1 aromatic carbocycles. The van der Waals surface area contributed by atoms with Gasteiger partial charge < -0.3 is 5.73 Å². The highest BCUT2D eigenvalue weighted by Gasteiger charge is 2.30. The molecule has 0 aliphatic rings. The van der Waals surface area contributed by atoms with Crippen molar-refractivity contribution in [3.8, 4) is 0 Å². The van der Waals surface area contributed by atoms with Crippen LogP contribution in [0.5, 0.6) is 0 Å². The van der Waals surface area contributed by atoms with Gasteiger partial charge in [0.2, 0.25) is 0 Å². The SMILES string of the molecule is CC[C@H](N)c1ccccc1SC(F)(F)F. The number of rotatable bonds is 3. The maximum atomic E-state index is 12.2. The van der Waals surface area contributed by atoms with Crippen molar-refractivity contribution < 1.29 is 13.2 Å². The van der Waals surface area contributed by atoms with Gasteiger partial charge in [-0.25, -0.2) is 0 Å². The summed E-state index contributed by atoms with van der Waals surface area (Å²) in [7, 11) is 0. The Labute approximate surface area is 90.9 Å². The van der Waals surface area contributed by atoms with Crippen LogP contribution in [0.3, 0.4) is 0 Å². The van der Waals surface area contributed by atoms with E-state index in [-0.39, 0.29) is 22.7 Å². The predicted octanol–water partition coefficient (Wildman–Crippen LogP) is 3.71. The Kier molecular flexibility index (Phi) is 4.04. The van der Waals surface area contributed by atoms with Crippen molar-refractivity contribution in [3.05, 3.63) is 29.8 Å². The molecule has 15 heavy (non-hydrogen) atoms. The molecule has 1 aromatic rings. The predicted molar refractivity (Wildman–Crippen MR) is 55.6 cm³/mol. The topological polar surface area (TPSA) is 26.0 Å². The van der Waals surface area contributed by atoms with Crippen LogP contribution in [-0.4, -0.2) is 5.51 Å². The molecule has 0 saturated carbocycles. The van der Waals surface area contributed by atoms with Crippen molar-refractivity contribution in [1.29, 1.82) is 0 Å². The van der Waals surface area contributed by atoms with Crippen LogP contribution in [-0.2, 0) is 0 Å². The van der Waals surface area contributed by atoms with Crippen molar-refractivity contribution in [2.75, 3.05) is 0 Å². The number of thioether (sulfide) groups is 1. The molecule has 84 valence electrons. The Morgan fingerprint density at radius 1 is 1.33 bits per heavy atom. The summed E-state index contributed by atoms with van der Waals surface area (Å²) < 4.78 is 36.6. The molecular formula is C10H12F3NS. The van der Waals surface area contributed by atoms with Crippen LogP contribution in [0, 0.1) is 0 Å². The standard InChI is InChI=1S/C10H12F3NS/c1-2-8(14)7-5-3-4-6-9(7)15-10(11,12)13/h3-6,8H,2,14H2,1H3/t8-/m0/s1. The zero-order valence-electron chi connectivity index (χ0n) is 8.21. The van der Waals surface area contributed by atoms with Gasteiger partial charge in [-0.3, -0.25) is 0 Å². The van der Waals surface area contributed by atoms with Crippen molar-refractivity contribution in [1.82, 2.24) is 0 Å². The van der Waals surface area contributed by atoms with Crippen molar-refractivity contribution >= 4 is 11.8 Å². The number of halogens is 3. The Balaban J connectivity index is 2.96. The lowest BCUT2D eigenvalue weighted by Crippen LogP contribution is -2.11. The minimum Gasteiger partial charge on any atom is -0.324 e. The molecule has 1 atom stereocenters. The minimum absolute atomic E-state index is 0.109. The number of benzene rings is 1. The van der Waals surface area contributed by atoms with Crippen LogP contribution >= 0.6 is 11.8 Å². The number of nitrogens with two attached hydrogens (primary N) is 1. The van der Waals surface area contributed by atoms with Gasteiger partial charge in [0.25, 0.3) is 0 Å². The van der Waals surface area contributed by atoms with Crippen LogP contribution in [0.4, 0.5) is 13.2 Å². The van der Waals surface area contributed by atoms with E-state index in [1.54, 1.807) is 18.2 Å². The van der Waals surface area contributed by atoms with E-state index in [0.717, 1.165) is 0 Å². The molecule has 2 N–H and O–H groups in total. The van der Waals surface area contributed by atoms with Crippen LogP contribution in [0.15, 0.2) is 29.2 Å². The van der Waals surface area contributed by atoms with Gasteiger partial charge in [0, 0.05) is 10.9 Å². The van der Waals surface area contributed by atoms with Gasteiger partial charge in [-0.2, -0.15) is 13.2 Å². The molecule has 0 unspecified atom stereocenters. The van der Waals surface area contributed by atoms with E-state index in [9.17, 15) is 13.2 Å². The van der Waals surface area contributed by atoms with Gasteiger partial charge in [0.15, 0.2) is 0 Å². The highest BCUT2D eigenvalue weighted by atomic mass is 32.2. The fourth-order valence-electron chi connectivity index (χ4n) is 1.22. The Morgan fingerprint density at radius 2 is 1.93 bits per heavy atom. The first-order valence-corrected chi connectivity index (χ1v) is 5.36. The summed E-state index contributed by atoms with van der Waals surface area (Å²) in [5.41, 5.74) is 2.03. The Morgan fingerprint density at radius 3 is 2.47 bits per heavy atom. The molecule has 0 spiro atoms. The van der Waals surface area contributed by atoms with Crippen LogP contribution < -0.4 is 5.73 Å². The zero-order chi connectivity index (χ0) is 11.5. The molecule has 1 rings (SSSR count). The molecule has 1 nitrogen and oxygen atoms in total. The average molecular weight is 235 g/mol. The smallest absolute Gasteiger partial charge is 0.324 e. The quantitative estimate of drug-likeness (QED) is 0.808. The summed E-state index contributed by atoms with van der Waals surface area (Å²) >= 11 is -0.109. The highest BCUT2D eigenvalue weighted by molar-refractivity contribution is 8.00. The van der Waals surface area contributed by atoms with Gasteiger partial charge in [-0.05, 0) is 29.8 Å².